The van der Waals surface area contributed by atoms with Crippen molar-refractivity contribution in [3.63, 3.8) is 0 Å². The lowest BCUT2D eigenvalue weighted by Gasteiger charge is -2.37. The first kappa shape index (κ1) is 12.8. The topological polar surface area (TPSA) is 47.2 Å². The van der Waals surface area contributed by atoms with Crippen LogP contribution < -0.4 is 5.32 Å². The van der Waals surface area contributed by atoms with Gasteiger partial charge in [0.1, 0.15) is 0 Å². The van der Waals surface area contributed by atoms with Gasteiger partial charge in [-0.1, -0.05) is 0 Å². The van der Waals surface area contributed by atoms with Crippen molar-refractivity contribution in [1.29, 1.82) is 0 Å². The zero-order valence-electron chi connectivity index (χ0n) is 12.1. The number of nitrogens with one attached hydrogen (secondary N) is 2. The number of aromatic nitrogens is 2. The standard InChI is InChI=1S/C15H25N5/c1-2-12(1)9-19-3-5-20(6-4-19)10-13-7-14-15(8-16-13)18-11-17-14/h11-13,16H,1-10H2,(H,17,18). The molecule has 0 bridgehead atoms. The largest absolute Gasteiger partial charge is 0.347 e. The van der Waals surface area contributed by atoms with Gasteiger partial charge in [-0.25, -0.2) is 4.98 Å². The fourth-order valence-corrected chi connectivity index (χ4v) is 3.49. The number of nitrogens with zero attached hydrogens (tertiary/aromatic N) is 3. The highest BCUT2D eigenvalue weighted by molar-refractivity contribution is 5.16. The second-order valence-corrected chi connectivity index (χ2v) is 6.65. The Hall–Kier alpha value is -0.910. The lowest BCUT2D eigenvalue weighted by atomic mass is 10.0. The van der Waals surface area contributed by atoms with Crippen LogP contribution in [-0.2, 0) is 13.0 Å². The van der Waals surface area contributed by atoms with Crippen LogP contribution in [0.25, 0.3) is 0 Å². The van der Waals surface area contributed by atoms with Crippen molar-refractivity contribution in [3.05, 3.63) is 17.7 Å². The maximum Gasteiger partial charge on any atom is 0.0925 e. The van der Waals surface area contributed by atoms with E-state index in [1.54, 1.807) is 0 Å². The second-order valence-electron chi connectivity index (χ2n) is 6.65. The molecule has 5 nitrogen and oxygen atoms in total. The van der Waals surface area contributed by atoms with Crippen molar-refractivity contribution in [2.45, 2.75) is 31.8 Å². The number of aromatic amines is 1. The number of hydrogen-bond acceptors (Lipinski definition) is 4. The van der Waals surface area contributed by atoms with Crippen molar-refractivity contribution in [2.24, 2.45) is 5.92 Å². The summed E-state index contributed by atoms with van der Waals surface area (Å²) in [5, 5.41) is 3.64. The third-order valence-electron chi connectivity index (χ3n) is 4.97. The number of hydrogen-bond donors (Lipinski definition) is 2. The van der Waals surface area contributed by atoms with Gasteiger partial charge in [0.05, 0.1) is 17.7 Å². The highest BCUT2D eigenvalue weighted by Gasteiger charge is 2.28. The maximum absolute atomic E-state index is 4.43. The van der Waals surface area contributed by atoms with Crippen LogP contribution in [0.3, 0.4) is 0 Å². The van der Waals surface area contributed by atoms with E-state index in [1.807, 2.05) is 6.33 Å². The highest BCUT2D eigenvalue weighted by atomic mass is 15.3. The Morgan fingerprint density at radius 3 is 2.60 bits per heavy atom. The minimum Gasteiger partial charge on any atom is -0.347 e. The fourth-order valence-electron chi connectivity index (χ4n) is 3.49. The lowest BCUT2D eigenvalue weighted by molar-refractivity contribution is 0.118. The minimum atomic E-state index is 0.570. The Morgan fingerprint density at radius 2 is 1.85 bits per heavy atom. The molecule has 1 aliphatic carbocycles. The summed E-state index contributed by atoms with van der Waals surface area (Å²) in [4.78, 5) is 12.9. The van der Waals surface area contributed by atoms with E-state index in [2.05, 4.69) is 25.1 Å². The summed E-state index contributed by atoms with van der Waals surface area (Å²) in [5.41, 5.74) is 2.54. The zero-order chi connectivity index (χ0) is 13.4. The summed E-state index contributed by atoms with van der Waals surface area (Å²) >= 11 is 0. The summed E-state index contributed by atoms with van der Waals surface area (Å²) in [5.74, 6) is 1.03. The Kier molecular flexibility index (Phi) is 3.50. The molecule has 1 unspecified atom stereocenters. The molecule has 1 aromatic heterocycles. The smallest absolute Gasteiger partial charge is 0.0925 e. The number of piperazine rings is 1. The number of H-pyrrole nitrogens is 1. The van der Waals surface area contributed by atoms with Crippen LogP contribution >= 0.6 is 0 Å². The van der Waals surface area contributed by atoms with Crippen LogP contribution in [0.15, 0.2) is 6.33 Å². The molecule has 3 aliphatic rings. The number of fused-ring (bicyclic) bond motifs is 1. The quantitative estimate of drug-likeness (QED) is 0.838. The van der Waals surface area contributed by atoms with E-state index in [0.29, 0.717) is 6.04 Å². The third kappa shape index (κ3) is 2.90. The molecule has 110 valence electrons. The number of rotatable bonds is 4. The van der Waals surface area contributed by atoms with Crippen molar-refractivity contribution in [2.75, 3.05) is 39.3 Å². The molecule has 0 aromatic carbocycles. The summed E-state index contributed by atoms with van der Waals surface area (Å²) in [6.07, 6.45) is 5.84. The normalized spacial score (nSPS) is 28.5. The first-order chi connectivity index (χ1) is 9.87. The molecule has 2 N–H and O–H groups in total. The third-order valence-corrected chi connectivity index (χ3v) is 4.97. The van der Waals surface area contributed by atoms with Crippen molar-refractivity contribution in [1.82, 2.24) is 25.1 Å². The van der Waals surface area contributed by atoms with Gasteiger partial charge in [0, 0.05) is 58.3 Å². The van der Waals surface area contributed by atoms with Gasteiger partial charge >= 0.3 is 0 Å². The summed E-state index contributed by atoms with van der Waals surface area (Å²) in [6, 6.07) is 0.570. The van der Waals surface area contributed by atoms with Crippen LogP contribution in [0.1, 0.15) is 24.2 Å². The van der Waals surface area contributed by atoms with E-state index in [0.717, 1.165) is 18.9 Å². The molecular formula is C15H25N5. The fraction of sp³-hybridized carbons (Fsp3) is 0.800. The average molecular weight is 275 g/mol. The van der Waals surface area contributed by atoms with E-state index in [-0.39, 0.29) is 0 Å². The molecule has 20 heavy (non-hydrogen) atoms. The van der Waals surface area contributed by atoms with Gasteiger partial charge in [-0.05, 0) is 18.8 Å². The van der Waals surface area contributed by atoms with Crippen molar-refractivity contribution < 1.29 is 0 Å². The van der Waals surface area contributed by atoms with Gasteiger partial charge < -0.3 is 15.2 Å². The Bertz CT molecular complexity index is 445. The monoisotopic (exact) mass is 275 g/mol. The molecule has 4 rings (SSSR count). The molecule has 3 heterocycles. The first-order valence-corrected chi connectivity index (χ1v) is 8.06. The Morgan fingerprint density at radius 1 is 1.10 bits per heavy atom. The van der Waals surface area contributed by atoms with Crippen molar-refractivity contribution in [3.8, 4) is 0 Å². The SMILES string of the molecule is c1nc2c([nH]1)CNC(CN1CCN(CC3CC3)CC1)C2. The molecule has 5 heteroatoms. The van der Waals surface area contributed by atoms with Crippen molar-refractivity contribution >= 4 is 0 Å². The predicted octanol–water partition coefficient (Wildman–Crippen LogP) is 0.452. The van der Waals surface area contributed by atoms with E-state index in [4.69, 9.17) is 0 Å². The molecule has 1 saturated carbocycles. The molecule has 1 aromatic rings. The molecule has 2 fully saturated rings. The first-order valence-electron chi connectivity index (χ1n) is 8.06. The minimum absolute atomic E-state index is 0.570. The molecular weight excluding hydrogens is 250 g/mol. The second kappa shape index (κ2) is 5.47. The van der Waals surface area contributed by atoms with Crippen LogP contribution in [0.4, 0.5) is 0 Å². The van der Waals surface area contributed by atoms with Gasteiger partial charge in [-0.2, -0.15) is 0 Å². The van der Waals surface area contributed by atoms with Crippen LogP contribution in [0.5, 0.6) is 0 Å². The van der Waals surface area contributed by atoms with Crippen LogP contribution in [0, 0.1) is 5.92 Å². The predicted molar refractivity (Wildman–Crippen MR) is 78.5 cm³/mol. The van der Waals surface area contributed by atoms with E-state index >= 15 is 0 Å². The van der Waals surface area contributed by atoms with E-state index in [9.17, 15) is 0 Å². The average Bonchev–Trinajstić information content (AvgIpc) is 3.15. The molecule has 2 aliphatic heterocycles. The van der Waals surface area contributed by atoms with Gasteiger partial charge in [-0.15, -0.1) is 0 Å². The Balaban J connectivity index is 1.24. The van der Waals surface area contributed by atoms with Crippen LogP contribution in [0.2, 0.25) is 0 Å². The molecule has 0 amide bonds. The van der Waals surface area contributed by atoms with E-state index in [1.165, 1.54) is 63.5 Å². The lowest BCUT2D eigenvalue weighted by Crippen LogP contribution is -2.52. The van der Waals surface area contributed by atoms with E-state index < -0.39 is 0 Å². The maximum atomic E-state index is 4.43. The molecule has 1 saturated heterocycles. The zero-order valence-corrected chi connectivity index (χ0v) is 12.1. The van der Waals surface area contributed by atoms with Gasteiger partial charge in [-0.3, -0.25) is 4.90 Å². The van der Waals surface area contributed by atoms with Gasteiger partial charge in [0.25, 0.3) is 0 Å². The van der Waals surface area contributed by atoms with Gasteiger partial charge in [0.15, 0.2) is 0 Å². The number of imidazole rings is 1. The summed E-state index contributed by atoms with van der Waals surface area (Å²) in [6.45, 7) is 8.46. The molecule has 0 spiro atoms. The molecule has 1 atom stereocenters. The highest BCUT2D eigenvalue weighted by Crippen LogP contribution is 2.29. The molecule has 0 radical (unpaired) electrons. The Labute approximate surface area is 120 Å². The summed E-state index contributed by atoms with van der Waals surface area (Å²) < 4.78 is 0. The van der Waals surface area contributed by atoms with Gasteiger partial charge in [0.2, 0.25) is 0 Å². The summed E-state index contributed by atoms with van der Waals surface area (Å²) in [7, 11) is 0. The van der Waals surface area contributed by atoms with Crippen LogP contribution in [-0.4, -0.2) is 65.1 Å².